The van der Waals surface area contributed by atoms with Gasteiger partial charge in [-0.25, -0.2) is 0 Å². The molecular formula is C24H26F3N3O2. The van der Waals surface area contributed by atoms with E-state index in [0.717, 1.165) is 53.9 Å². The summed E-state index contributed by atoms with van der Waals surface area (Å²) in [5.74, 6) is 0. The fraction of sp³-hybridized carbons (Fsp3) is 0.250. The SMILES string of the molecule is CN.O=Cc1cc(-c2ccccc2)ccc1N1CCCC1.O=c1ccc(C(F)(F)F)c[nH]1. The number of benzene rings is 2. The number of nitrogens with zero attached hydrogens (tertiary/aromatic N) is 1. The van der Waals surface area contributed by atoms with Crippen molar-refractivity contribution in [3.63, 3.8) is 0 Å². The van der Waals surface area contributed by atoms with Crippen molar-refractivity contribution in [1.29, 1.82) is 0 Å². The largest absolute Gasteiger partial charge is 0.417 e. The summed E-state index contributed by atoms with van der Waals surface area (Å²) in [6, 6.07) is 17.9. The predicted molar refractivity (Wildman–Crippen MR) is 121 cm³/mol. The van der Waals surface area contributed by atoms with Crippen LogP contribution in [-0.2, 0) is 6.18 Å². The zero-order valence-electron chi connectivity index (χ0n) is 17.7. The van der Waals surface area contributed by atoms with Crippen LogP contribution in [0.25, 0.3) is 11.1 Å². The van der Waals surface area contributed by atoms with E-state index >= 15 is 0 Å². The molecule has 2 aromatic carbocycles. The van der Waals surface area contributed by atoms with Crippen LogP contribution < -0.4 is 16.2 Å². The lowest BCUT2D eigenvalue weighted by molar-refractivity contribution is -0.137. The Bertz CT molecular complexity index is 1020. The molecule has 0 amide bonds. The van der Waals surface area contributed by atoms with Crippen LogP contribution in [0.4, 0.5) is 18.9 Å². The maximum Gasteiger partial charge on any atom is 0.417 e. The third-order valence-electron chi connectivity index (χ3n) is 4.82. The number of nitrogens with one attached hydrogen (secondary N) is 1. The number of halogens is 3. The lowest BCUT2D eigenvalue weighted by atomic mass is 10.0. The molecule has 170 valence electrons. The predicted octanol–water partition coefficient (Wildman–Crippen LogP) is 4.73. The highest BCUT2D eigenvalue weighted by molar-refractivity contribution is 5.87. The van der Waals surface area contributed by atoms with Gasteiger partial charge < -0.3 is 15.6 Å². The molecule has 1 aliphatic rings. The highest BCUT2D eigenvalue weighted by Crippen LogP contribution is 2.29. The van der Waals surface area contributed by atoms with Crippen LogP contribution in [0.15, 0.2) is 71.7 Å². The highest BCUT2D eigenvalue weighted by Gasteiger charge is 2.30. The molecule has 0 saturated carbocycles. The van der Waals surface area contributed by atoms with Crippen molar-refractivity contribution in [2.24, 2.45) is 5.73 Å². The van der Waals surface area contributed by atoms with Crippen molar-refractivity contribution in [2.75, 3.05) is 25.0 Å². The standard InChI is InChI=1S/C17H17NO.C6H4F3NO.CH5N/c19-13-16-12-15(14-6-2-1-3-7-14)8-9-17(16)18-10-4-5-11-18;7-6(8,9)4-1-2-5(11)10-3-4;1-2/h1-3,6-9,12-13H,4-5,10-11H2;1-3H,(H,10,11);2H2,1H3. The first-order valence-electron chi connectivity index (χ1n) is 10.1. The van der Waals surface area contributed by atoms with Crippen LogP contribution in [0, 0.1) is 0 Å². The lowest BCUT2D eigenvalue weighted by Gasteiger charge is -2.20. The third-order valence-corrected chi connectivity index (χ3v) is 4.82. The van der Waals surface area contributed by atoms with Gasteiger partial charge in [-0.2, -0.15) is 13.2 Å². The minimum Gasteiger partial charge on any atom is -0.371 e. The Balaban J connectivity index is 0.000000239. The second-order valence-corrected chi connectivity index (χ2v) is 6.89. The van der Waals surface area contributed by atoms with Gasteiger partial charge in [0.25, 0.3) is 0 Å². The molecule has 1 aliphatic heterocycles. The fourth-order valence-electron chi connectivity index (χ4n) is 3.29. The Morgan fingerprint density at radius 3 is 2.12 bits per heavy atom. The number of carbonyl (C=O) groups is 1. The van der Waals surface area contributed by atoms with Gasteiger partial charge in [0.2, 0.25) is 5.56 Å². The van der Waals surface area contributed by atoms with Crippen LogP contribution in [0.3, 0.4) is 0 Å². The van der Waals surface area contributed by atoms with Crippen LogP contribution in [0.5, 0.6) is 0 Å². The van der Waals surface area contributed by atoms with Crippen molar-refractivity contribution in [2.45, 2.75) is 19.0 Å². The van der Waals surface area contributed by atoms with E-state index in [9.17, 15) is 22.8 Å². The number of hydrogen-bond donors (Lipinski definition) is 2. The maximum absolute atomic E-state index is 11.8. The molecule has 3 N–H and O–H groups in total. The van der Waals surface area contributed by atoms with E-state index in [4.69, 9.17) is 0 Å². The molecule has 0 aliphatic carbocycles. The molecule has 1 aromatic heterocycles. The summed E-state index contributed by atoms with van der Waals surface area (Å²) in [4.78, 5) is 25.9. The molecule has 0 unspecified atom stereocenters. The van der Waals surface area contributed by atoms with Crippen LogP contribution >= 0.6 is 0 Å². The van der Waals surface area contributed by atoms with Crippen LogP contribution in [0.1, 0.15) is 28.8 Å². The lowest BCUT2D eigenvalue weighted by Crippen LogP contribution is -2.19. The van der Waals surface area contributed by atoms with Crippen LogP contribution in [-0.4, -0.2) is 31.4 Å². The van der Waals surface area contributed by atoms with E-state index in [2.05, 4.69) is 34.9 Å². The number of pyridine rings is 1. The van der Waals surface area contributed by atoms with Gasteiger partial charge in [0.1, 0.15) is 0 Å². The van der Waals surface area contributed by atoms with Gasteiger partial charge in [-0.3, -0.25) is 9.59 Å². The minimum atomic E-state index is -4.38. The molecule has 4 rings (SSSR count). The van der Waals surface area contributed by atoms with Gasteiger partial charge in [0, 0.05) is 36.6 Å². The minimum absolute atomic E-state index is 0.544. The molecular weight excluding hydrogens is 419 g/mol. The quantitative estimate of drug-likeness (QED) is 0.571. The van der Waals surface area contributed by atoms with Gasteiger partial charge in [0.15, 0.2) is 6.29 Å². The average Bonchev–Trinajstić information content (AvgIpc) is 3.35. The molecule has 0 atom stereocenters. The van der Waals surface area contributed by atoms with Crippen molar-refractivity contribution < 1.29 is 18.0 Å². The van der Waals surface area contributed by atoms with E-state index in [1.54, 1.807) is 0 Å². The summed E-state index contributed by atoms with van der Waals surface area (Å²) in [6.45, 7) is 2.12. The Labute approximate surface area is 184 Å². The third kappa shape index (κ3) is 6.81. The number of aromatic nitrogens is 1. The summed E-state index contributed by atoms with van der Waals surface area (Å²) in [5, 5.41) is 0. The average molecular weight is 445 g/mol. The summed E-state index contributed by atoms with van der Waals surface area (Å²) in [7, 11) is 1.50. The van der Waals surface area contributed by atoms with E-state index in [-0.39, 0.29) is 0 Å². The molecule has 0 radical (unpaired) electrons. The Kier molecular flexibility index (Phi) is 9.22. The molecule has 8 heteroatoms. The van der Waals surface area contributed by atoms with Crippen molar-refractivity contribution in [3.05, 3.63) is 88.3 Å². The van der Waals surface area contributed by atoms with Gasteiger partial charge in [-0.1, -0.05) is 36.4 Å². The number of anilines is 1. The zero-order valence-corrected chi connectivity index (χ0v) is 17.7. The Morgan fingerprint density at radius 2 is 1.59 bits per heavy atom. The first-order chi connectivity index (χ1) is 15.4. The highest BCUT2D eigenvalue weighted by atomic mass is 19.4. The summed E-state index contributed by atoms with van der Waals surface area (Å²) >= 11 is 0. The van der Waals surface area contributed by atoms with Gasteiger partial charge in [-0.05, 0) is 49.2 Å². The normalized spacial score (nSPS) is 12.8. The summed E-state index contributed by atoms with van der Waals surface area (Å²) in [6.07, 6.45) is -0.329. The van der Waals surface area contributed by atoms with Crippen molar-refractivity contribution >= 4 is 12.0 Å². The Hall–Kier alpha value is -3.39. The number of H-pyrrole nitrogens is 1. The van der Waals surface area contributed by atoms with E-state index in [1.807, 2.05) is 29.2 Å². The first kappa shape index (κ1) is 24.9. The van der Waals surface area contributed by atoms with Gasteiger partial charge in [0.05, 0.1) is 5.56 Å². The van der Waals surface area contributed by atoms with Crippen molar-refractivity contribution in [1.82, 2.24) is 4.98 Å². The fourth-order valence-corrected chi connectivity index (χ4v) is 3.29. The monoisotopic (exact) mass is 445 g/mol. The molecule has 0 bridgehead atoms. The second-order valence-electron chi connectivity index (χ2n) is 6.89. The molecule has 1 saturated heterocycles. The van der Waals surface area contributed by atoms with Crippen molar-refractivity contribution in [3.8, 4) is 11.1 Å². The topological polar surface area (TPSA) is 79.2 Å². The zero-order chi connectivity index (χ0) is 23.6. The van der Waals surface area contributed by atoms with Gasteiger partial charge >= 0.3 is 6.18 Å². The number of nitrogens with two attached hydrogens (primary N) is 1. The van der Waals surface area contributed by atoms with Crippen LogP contribution in [0.2, 0.25) is 0 Å². The Morgan fingerprint density at radius 1 is 0.938 bits per heavy atom. The number of alkyl halides is 3. The number of hydrogen-bond acceptors (Lipinski definition) is 4. The number of rotatable bonds is 3. The molecule has 0 spiro atoms. The molecule has 2 heterocycles. The maximum atomic E-state index is 11.8. The smallest absolute Gasteiger partial charge is 0.371 e. The van der Waals surface area contributed by atoms with Gasteiger partial charge in [-0.15, -0.1) is 0 Å². The number of carbonyl (C=O) groups excluding carboxylic acids is 1. The summed E-state index contributed by atoms with van der Waals surface area (Å²) < 4.78 is 35.4. The summed E-state index contributed by atoms with van der Waals surface area (Å²) in [5.41, 5.74) is 7.23. The first-order valence-corrected chi connectivity index (χ1v) is 10.1. The number of aldehydes is 1. The molecule has 1 fully saturated rings. The second kappa shape index (κ2) is 11.9. The van der Waals surface area contributed by atoms with E-state index in [1.165, 1.54) is 19.9 Å². The molecule has 3 aromatic rings. The molecule has 5 nitrogen and oxygen atoms in total. The molecule has 32 heavy (non-hydrogen) atoms. The number of aromatic amines is 1. The van der Waals surface area contributed by atoms with E-state index in [0.29, 0.717) is 6.20 Å². The van der Waals surface area contributed by atoms with E-state index < -0.39 is 17.3 Å².